The lowest BCUT2D eigenvalue weighted by Crippen LogP contribution is -2.49. The van der Waals surface area contributed by atoms with Crippen molar-refractivity contribution in [2.45, 2.75) is 162 Å². The fourth-order valence-corrected chi connectivity index (χ4v) is 6.58. The van der Waals surface area contributed by atoms with E-state index in [0.29, 0.717) is 90.4 Å². The van der Waals surface area contributed by atoms with Crippen LogP contribution in [0, 0.1) is 0 Å². The van der Waals surface area contributed by atoms with E-state index in [9.17, 15) is 56.6 Å². The summed E-state index contributed by atoms with van der Waals surface area (Å²) in [6, 6.07) is 0.111. The van der Waals surface area contributed by atoms with Crippen molar-refractivity contribution >= 4 is 53.9 Å². The van der Waals surface area contributed by atoms with Crippen LogP contribution in [0.3, 0.4) is 0 Å². The van der Waals surface area contributed by atoms with Crippen LogP contribution in [0.25, 0.3) is 0 Å². The first-order chi connectivity index (χ1) is 27.8. The van der Waals surface area contributed by atoms with E-state index < -0.39 is 23.7 Å². The Labute approximate surface area is 355 Å². The predicted octanol–water partition coefficient (Wildman–Crippen LogP) is 3.61. The Hall–Kier alpha value is -4.66. The van der Waals surface area contributed by atoms with Gasteiger partial charge in [-0.3, -0.25) is 48.7 Å². The number of rotatable bonds is 2. The number of likely N-dealkylation sites (tertiary alicyclic amines) is 4. The van der Waals surface area contributed by atoms with Gasteiger partial charge in [0, 0.05) is 76.8 Å². The molecular formula is C40H65F3N6O12. The van der Waals surface area contributed by atoms with Crippen molar-refractivity contribution in [3.8, 4) is 0 Å². The number of amides is 8. The second-order valence-electron chi connectivity index (χ2n) is 16.8. The Balaban J connectivity index is 0.000000403. The van der Waals surface area contributed by atoms with Gasteiger partial charge in [-0.1, -0.05) is 7.43 Å². The average Bonchev–Trinajstić information content (AvgIpc) is 3.83. The monoisotopic (exact) mass is 878 g/mol. The van der Waals surface area contributed by atoms with Crippen LogP contribution in [0.2, 0.25) is 0 Å². The summed E-state index contributed by atoms with van der Waals surface area (Å²) in [6.45, 7) is 15.1. The first-order valence-electron chi connectivity index (χ1n) is 20.2. The molecule has 348 valence electrons. The number of aliphatic hydroxyl groups excluding tert-OH is 1. The second kappa shape index (κ2) is 24.7. The van der Waals surface area contributed by atoms with Crippen LogP contribution in [0.4, 0.5) is 22.8 Å². The number of nitrogens with one attached hydrogen (secondary N) is 2. The standard InChI is InChI=1S/C14H22N2O4.C10H19NO3.C9H14N2O2.C4H5NO2.C2HF3O.CH4/c1-14(2,3)20-13(19)15-8-6-10(7-9-15)16-11(17)4-5-12(16)18;1-10(2,3)14-9(13)11-6-4-8(12)5-7-11;12-8-1-2-9(13)11(8)7-3-5-10-6-4-7;6-3-1-2-4(7)5-3;3-2(4,5)1-6;/h10H,4-9H2,1-3H3;8,12H,4-7H2,1-3H3;7,10H,1-6H2;1-2H2,(H,5,6,7);1H;1H4. The molecule has 6 saturated heterocycles. The van der Waals surface area contributed by atoms with Gasteiger partial charge in [0.2, 0.25) is 41.7 Å². The van der Waals surface area contributed by atoms with Gasteiger partial charge in [0.1, 0.15) is 11.2 Å². The molecule has 0 aromatic heterocycles. The van der Waals surface area contributed by atoms with Crippen LogP contribution in [-0.2, 0) is 43.0 Å². The minimum absolute atomic E-state index is 0. The Kier molecular flexibility index (Phi) is 22.0. The van der Waals surface area contributed by atoms with Crippen molar-refractivity contribution in [2.24, 2.45) is 0 Å². The highest BCUT2D eigenvalue weighted by atomic mass is 19.4. The summed E-state index contributed by atoms with van der Waals surface area (Å²) >= 11 is 0. The Morgan fingerprint density at radius 3 is 1.20 bits per heavy atom. The van der Waals surface area contributed by atoms with Gasteiger partial charge in [-0.25, -0.2) is 9.59 Å². The number of hydrogen-bond donors (Lipinski definition) is 3. The number of halogens is 3. The summed E-state index contributed by atoms with van der Waals surface area (Å²) in [7, 11) is 0. The zero-order chi connectivity index (χ0) is 45.4. The van der Waals surface area contributed by atoms with Crippen molar-refractivity contribution in [1.82, 2.24) is 30.2 Å². The maximum Gasteiger partial charge on any atom is 0.446 e. The third kappa shape index (κ3) is 20.6. The molecule has 0 radical (unpaired) electrons. The first kappa shape index (κ1) is 54.4. The summed E-state index contributed by atoms with van der Waals surface area (Å²) in [6.07, 6.45) is 0.0842. The molecule has 3 N–H and O–H groups in total. The molecule has 0 aromatic carbocycles. The lowest BCUT2D eigenvalue weighted by molar-refractivity contribution is -0.156. The maximum absolute atomic E-state index is 11.9. The molecule has 6 rings (SSSR count). The largest absolute Gasteiger partial charge is 0.446 e. The number of alkyl halides is 3. The lowest BCUT2D eigenvalue weighted by atomic mass is 10.0. The molecule has 0 unspecified atom stereocenters. The van der Waals surface area contributed by atoms with Crippen molar-refractivity contribution in [3.63, 3.8) is 0 Å². The normalized spacial score (nSPS) is 20.4. The number of carbonyl (C=O) groups excluding carboxylic acids is 9. The second-order valence-corrected chi connectivity index (χ2v) is 16.8. The molecule has 0 spiro atoms. The van der Waals surface area contributed by atoms with Gasteiger partial charge >= 0.3 is 18.4 Å². The van der Waals surface area contributed by atoms with Crippen molar-refractivity contribution in [2.75, 3.05) is 39.3 Å². The van der Waals surface area contributed by atoms with Crippen LogP contribution in [-0.4, -0.2) is 153 Å². The van der Waals surface area contributed by atoms with E-state index in [2.05, 4.69) is 10.6 Å². The molecule has 0 aliphatic carbocycles. The van der Waals surface area contributed by atoms with E-state index in [1.54, 1.807) is 9.80 Å². The number of piperidine rings is 3. The Morgan fingerprint density at radius 1 is 0.607 bits per heavy atom. The van der Waals surface area contributed by atoms with E-state index in [1.165, 1.54) is 9.80 Å². The summed E-state index contributed by atoms with van der Waals surface area (Å²) in [5, 5.41) is 14.6. The number of hydrogen-bond acceptors (Lipinski definition) is 13. The van der Waals surface area contributed by atoms with Crippen molar-refractivity contribution in [1.29, 1.82) is 0 Å². The van der Waals surface area contributed by atoms with E-state index in [-0.39, 0.29) is 73.2 Å². The highest BCUT2D eigenvalue weighted by Crippen LogP contribution is 2.24. The summed E-state index contributed by atoms with van der Waals surface area (Å²) in [5.74, 6) is -0.403. The van der Waals surface area contributed by atoms with Gasteiger partial charge in [0.15, 0.2) is 0 Å². The minimum Gasteiger partial charge on any atom is -0.444 e. The molecule has 6 aliphatic rings. The fourth-order valence-electron chi connectivity index (χ4n) is 6.58. The molecule has 0 saturated carbocycles. The fraction of sp³-hybridized carbons (Fsp3) is 0.775. The topological polar surface area (TPSA) is 229 Å². The number of nitrogens with zero attached hydrogens (tertiary/aromatic N) is 4. The van der Waals surface area contributed by atoms with E-state index in [1.807, 2.05) is 41.5 Å². The third-order valence-corrected chi connectivity index (χ3v) is 9.44. The molecule has 21 heteroatoms. The van der Waals surface area contributed by atoms with E-state index >= 15 is 0 Å². The minimum atomic E-state index is -4.64. The van der Waals surface area contributed by atoms with Gasteiger partial charge < -0.3 is 29.7 Å². The molecule has 6 fully saturated rings. The number of ether oxygens (including phenoxy) is 2. The lowest BCUT2D eigenvalue weighted by Gasteiger charge is -2.36. The maximum atomic E-state index is 11.9. The van der Waals surface area contributed by atoms with Crippen LogP contribution in [0.1, 0.15) is 126 Å². The molecule has 61 heavy (non-hydrogen) atoms. The average molecular weight is 879 g/mol. The smallest absolute Gasteiger partial charge is 0.444 e. The summed E-state index contributed by atoms with van der Waals surface area (Å²) in [4.78, 5) is 105. The van der Waals surface area contributed by atoms with Crippen LogP contribution in [0.5, 0.6) is 0 Å². The SMILES string of the molecule is C.CC(C)(C)OC(=O)N1CCC(N2C(=O)CCC2=O)CC1.CC(C)(C)OC(=O)N1CCC(O)CC1.O=C1CCC(=O)N1.O=C1CCC(=O)N1C1CCNCC1.O=CC(F)(F)F. The van der Waals surface area contributed by atoms with Crippen LogP contribution >= 0.6 is 0 Å². The van der Waals surface area contributed by atoms with Crippen molar-refractivity contribution in [3.05, 3.63) is 0 Å². The molecule has 8 amide bonds. The van der Waals surface area contributed by atoms with E-state index in [4.69, 9.17) is 14.3 Å². The first-order valence-corrected chi connectivity index (χ1v) is 20.2. The quantitative estimate of drug-likeness (QED) is 0.266. The van der Waals surface area contributed by atoms with E-state index in [0.717, 1.165) is 25.9 Å². The number of carbonyl (C=O) groups is 9. The summed E-state index contributed by atoms with van der Waals surface area (Å²) < 4.78 is 41.8. The highest BCUT2D eigenvalue weighted by molar-refractivity contribution is 6.03. The van der Waals surface area contributed by atoms with Crippen LogP contribution < -0.4 is 10.6 Å². The molecule has 6 heterocycles. The summed E-state index contributed by atoms with van der Waals surface area (Å²) in [5.41, 5.74) is -0.942. The number of aldehydes is 1. The Morgan fingerprint density at radius 2 is 0.918 bits per heavy atom. The molecule has 0 bridgehead atoms. The van der Waals surface area contributed by atoms with Gasteiger partial charge in [0.05, 0.1) is 6.10 Å². The molecule has 18 nitrogen and oxygen atoms in total. The zero-order valence-corrected chi connectivity index (χ0v) is 35.4. The van der Waals surface area contributed by atoms with Crippen molar-refractivity contribution < 1.29 is 70.9 Å². The van der Waals surface area contributed by atoms with Crippen LogP contribution in [0.15, 0.2) is 0 Å². The van der Waals surface area contributed by atoms with Gasteiger partial charge in [-0.2, -0.15) is 13.2 Å². The van der Waals surface area contributed by atoms with Gasteiger partial charge in [0.25, 0.3) is 0 Å². The Bertz CT molecular complexity index is 1480. The highest BCUT2D eigenvalue weighted by Gasteiger charge is 2.38. The number of aliphatic hydroxyl groups is 1. The molecule has 0 atom stereocenters. The zero-order valence-electron chi connectivity index (χ0n) is 35.4. The molecule has 6 aliphatic heterocycles. The van der Waals surface area contributed by atoms with Gasteiger partial charge in [-0.05, 0) is 93.2 Å². The third-order valence-electron chi connectivity index (χ3n) is 9.44. The molecule has 0 aromatic rings. The van der Waals surface area contributed by atoms with Gasteiger partial charge in [-0.15, -0.1) is 0 Å². The molecular weight excluding hydrogens is 813 g/mol. The number of imide groups is 3. The predicted molar refractivity (Wildman–Crippen MR) is 213 cm³/mol.